The third-order valence-electron chi connectivity index (χ3n) is 7.04. The second-order valence-corrected chi connectivity index (χ2v) is 11.2. The van der Waals surface area contributed by atoms with E-state index < -0.39 is 47.4 Å². The lowest BCUT2D eigenvalue weighted by Crippen LogP contribution is -2.58. The van der Waals surface area contributed by atoms with Gasteiger partial charge in [-0.1, -0.05) is 32.1 Å². The maximum Gasteiger partial charge on any atom is 0.408 e. The number of carbonyl (C=O) groups excluding carboxylic acids is 5. The molecule has 4 N–H and O–H groups in total. The fourth-order valence-electron chi connectivity index (χ4n) is 5.12. The summed E-state index contributed by atoms with van der Waals surface area (Å²) >= 11 is 0. The Hall–Kier alpha value is -2.65. The Morgan fingerprint density at radius 2 is 1.60 bits per heavy atom. The highest BCUT2D eigenvalue weighted by molar-refractivity contribution is 6.37. The van der Waals surface area contributed by atoms with E-state index in [0.717, 1.165) is 44.9 Å². The molecule has 1 aliphatic heterocycles. The van der Waals surface area contributed by atoms with Gasteiger partial charge in [-0.15, -0.1) is 0 Å². The van der Waals surface area contributed by atoms with Crippen molar-refractivity contribution in [2.45, 2.75) is 109 Å². The van der Waals surface area contributed by atoms with Crippen molar-refractivity contribution in [1.29, 1.82) is 0 Å². The Balaban J connectivity index is 1.73. The summed E-state index contributed by atoms with van der Waals surface area (Å²) in [5, 5.41) is 5.48. The molecule has 4 amide bonds. The summed E-state index contributed by atoms with van der Waals surface area (Å²) in [4.78, 5) is 64.8. The number of nitrogens with two attached hydrogens (primary N) is 1. The molecule has 0 aromatic rings. The number of ketones is 1. The molecule has 0 radical (unpaired) electrons. The van der Waals surface area contributed by atoms with E-state index in [0.29, 0.717) is 31.7 Å². The van der Waals surface area contributed by atoms with Gasteiger partial charge in [-0.25, -0.2) is 4.79 Å². The Morgan fingerprint density at radius 3 is 2.17 bits per heavy atom. The number of Topliss-reactive ketones (excluding diaryl/α,β-unsaturated/α-hetero) is 1. The monoisotopic (exact) mass is 492 g/mol. The van der Waals surface area contributed by atoms with Gasteiger partial charge in [-0.05, 0) is 64.7 Å². The highest BCUT2D eigenvalue weighted by Gasteiger charge is 2.42. The van der Waals surface area contributed by atoms with Crippen molar-refractivity contribution in [2.75, 3.05) is 6.54 Å². The number of carbonyl (C=O) groups is 5. The minimum Gasteiger partial charge on any atom is -0.444 e. The summed E-state index contributed by atoms with van der Waals surface area (Å²) in [5.41, 5.74) is 4.49. The van der Waals surface area contributed by atoms with E-state index in [1.54, 1.807) is 20.8 Å². The number of primary amides is 1. The minimum atomic E-state index is -1.07. The molecule has 1 saturated heterocycles. The standard InChI is InChI=1S/C25H40N4O6/c1-25(2,3)35-24(34)28-19(16-8-5-4-6-9-16)23(33)29-13-7-10-18(29)22(32)27-17(14-15-11-12-15)20(30)21(26)31/h15-19H,4-14H2,1-3H3,(H2,26,31)(H,27,32)(H,28,34)/t17?,18-,19-/m0/s1. The first kappa shape index (κ1) is 26.9. The molecule has 1 unspecified atom stereocenters. The van der Waals surface area contributed by atoms with Crippen LogP contribution in [0, 0.1) is 11.8 Å². The number of hydrogen-bond acceptors (Lipinski definition) is 6. The second kappa shape index (κ2) is 11.4. The molecule has 10 nitrogen and oxygen atoms in total. The first-order valence-corrected chi connectivity index (χ1v) is 12.9. The van der Waals surface area contributed by atoms with Crippen LogP contribution >= 0.6 is 0 Å². The number of amides is 4. The van der Waals surface area contributed by atoms with Crippen LogP contribution < -0.4 is 16.4 Å². The predicted molar refractivity (Wildman–Crippen MR) is 128 cm³/mol. The van der Waals surface area contributed by atoms with Crippen molar-refractivity contribution >= 4 is 29.6 Å². The van der Waals surface area contributed by atoms with Gasteiger partial charge in [-0.2, -0.15) is 0 Å². The summed E-state index contributed by atoms with van der Waals surface area (Å²) in [5.74, 6) is -2.40. The lowest BCUT2D eigenvalue weighted by molar-refractivity contribution is -0.143. The van der Waals surface area contributed by atoms with E-state index >= 15 is 0 Å². The zero-order chi connectivity index (χ0) is 25.8. The lowest BCUT2D eigenvalue weighted by atomic mass is 9.83. The van der Waals surface area contributed by atoms with Crippen molar-refractivity contribution in [1.82, 2.24) is 15.5 Å². The van der Waals surface area contributed by atoms with Crippen LogP contribution in [0.5, 0.6) is 0 Å². The minimum absolute atomic E-state index is 0.0351. The molecule has 3 fully saturated rings. The third-order valence-corrected chi connectivity index (χ3v) is 7.04. The van der Waals surface area contributed by atoms with Crippen LogP contribution in [-0.2, 0) is 23.9 Å². The Morgan fingerprint density at radius 1 is 0.943 bits per heavy atom. The number of nitrogens with one attached hydrogen (secondary N) is 2. The van der Waals surface area contributed by atoms with Crippen LogP contribution in [0.2, 0.25) is 0 Å². The van der Waals surface area contributed by atoms with Gasteiger partial charge in [0, 0.05) is 6.54 Å². The number of rotatable bonds is 9. The molecule has 0 aromatic heterocycles. The number of alkyl carbamates (subject to hydrolysis) is 1. The molecule has 2 aliphatic carbocycles. The second-order valence-electron chi connectivity index (χ2n) is 11.2. The zero-order valence-corrected chi connectivity index (χ0v) is 21.1. The van der Waals surface area contributed by atoms with Crippen LogP contribution in [0.15, 0.2) is 0 Å². The van der Waals surface area contributed by atoms with Crippen LogP contribution in [0.3, 0.4) is 0 Å². The Kier molecular flexibility index (Phi) is 8.77. The summed E-state index contributed by atoms with van der Waals surface area (Å²) in [7, 11) is 0. The van der Waals surface area contributed by atoms with E-state index in [4.69, 9.17) is 10.5 Å². The summed E-state index contributed by atoms with van der Waals surface area (Å²) in [6, 6.07) is -2.52. The number of hydrogen-bond donors (Lipinski definition) is 3. The van der Waals surface area contributed by atoms with Gasteiger partial charge in [0.1, 0.15) is 17.7 Å². The first-order chi connectivity index (χ1) is 16.5. The maximum absolute atomic E-state index is 13.7. The third kappa shape index (κ3) is 7.67. The number of ether oxygens (including phenoxy) is 1. The van der Waals surface area contributed by atoms with Crippen LogP contribution in [0.4, 0.5) is 4.79 Å². The molecule has 3 rings (SSSR count). The summed E-state index contributed by atoms with van der Waals surface area (Å²) in [6.45, 7) is 5.66. The highest BCUT2D eigenvalue weighted by atomic mass is 16.6. The predicted octanol–water partition coefficient (Wildman–Crippen LogP) is 1.79. The van der Waals surface area contributed by atoms with E-state index in [-0.39, 0.29) is 11.8 Å². The van der Waals surface area contributed by atoms with Crippen molar-refractivity contribution < 1.29 is 28.7 Å². The highest BCUT2D eigenvalue weighted by Crippen LogP contribution is 2.34. The molecule has 3 aliphatic rings. The molecule has 3 atom stereocenters. The van der Waals surface area contributed by atoms with Gasteiger partial charge in [0.25, 0.3) is 5.91 Å². The van der Waals surface area contributed by atoms with Crippen LogP contribution in [0.25, 0.3) is 0 Å². The largest absolute Gasteiger partial charge is 0.444 e. The van der Waals surface area contributed by atoms with E-state index in [1.807, 2.05) is 0 Å². The van der Waals surface area contributed by atoms with Gasteiger partial charge < -0.3 is 26.0 Å². The normalized spacial score (nSPS) is 22.7. The topological polar surface area (TPSA) is 148 Å². The maximum atomic E-state index is 13.7. The van der Waals surface area contributed by atoms with Crippen LogP contribution in [-0.4, -0.2) is 64.8 Å². The van der Waals surface area contributed by atoms with Gasteiger partial charge in [0.05, 0.1) is 6.04 Å². The van der Waals surface area contributed by atoms with Crippen molar-refractivity contribution in [3.8, 4) is 0 Å². The molecule has 0 bridgehead atoms. The van der Waals surface area contributed by atoms with Crippen molar-refractivity contribution in [2.24, 2.45) is 17.6 Å². The molecule has 35 heavy (non-hydrogen) atoms. The van der Waals surface area contributed by atoms with Gasteiger partial charge >= 0.3 is 6.09 Å². The molecular weight excluding hydrogens is 452 g/mol. The van der Waals surface area contributed by atoms with E-state index in [9.17, 15) is 24.0 Å². The van der Waals surface area contributed by atoms with E-state index in [1.165, 1.54) is 4.90 Å². The van der Waals surface area contributed by atoms with Gasteiger partial charge in [0.2, 0.25) is 17.6 Å². The average Bonchev–Trinajstić information content (AvgIpc) is 3.46. The Labute approximate surface area is 207 Å². The van der Waals surface area contributed by atoms with Gasteiger partial charge in [0.15, 0.2) is 0 Å². The fraction of sp³-hybridized carbons (Fsp3) is 0.800. The molecule has 10 heteroatoms. The molecular formula is C25H40N4O6. The molecule has 0 aromatic carbocycles. The number of likely N-dealkylation sites (tertiary alicyclic amines) is 1. The zero-order valence-electron chi connectivity index (χ0n) is 21.1. The lowest BCUT2D eigenvalue weighted by Gasteiger charge is -2.35. The SMILES string of the molecule is CC(C)(C)OC(=O)N[C@H](C(=O)N1CCC[C@H]1C(=O)NC(CC1CC1)C(=O)C(N)=O)C1CCCCC1. The Bertz CT molecular complexity index is 828. The fourth-order valence-corrected chi connectivity index (χ4v) is 5.12. The molecule has 2 saturated carbocycles. The van der Waals surface area contributed by atoms with Crippen molar-refractivity contribution in [3.05, 3.63) is 0 Å². The summed E-state index contributed by atoms with van der Waals surface area (Å²) in [6.07, 6.45) is 7.37. The van der Waals surface area contributed by atoms with Crippen molar-refractivity contribution in [3.63, 3.8) is 0 Å². The van der Waals surface area contributed by atoms with Crippen LogP contribution in [0.1, 0.15) is 85.0 Å². The quantitative estimate of drug-likeness (QED) is 0.418. The first-order valence-electron chi connectivity index (χ1n) is 12.9. The molecule has 0 spiro atoms. The van der Waals surface area contributed by atoms with Gasteiger partial charge in [-0.3, -0.25) is 19.2 Å². The molecule has 196 valence electrons. The average molecular weight is 493 g/mol. The summed E-state index contributed by atoms with van der Waals surface area (Å²) < 4.78 is 5.41. The van der Waals surface area contributed by atoms with E-state index in [2.05, 4.69) is 10.6 Å². The number of nitrogens with zero attached hydrogens (tertiary/aromatic N) is 1. The molecule has 1 heterocycles. The smallest absolute Gasteiger partial charge is 0.408 e.